The molecule has 0 radical (unpaired) electrons. The molecule has 1 aliphatic heterocycles. The Hall–Kier alpha value is -3.47. The summed E-state index contributed by atoms with van der Waals surface area (Å²) in [5.74, 6) is 1.67. The minimum absolute atomic E-state index is 0.0237. The maximum atomic E-state index is 5.64. The molecule has 0 amide bonds. The van der Waals surface area contributed by atoms with Crippen molar-refractivity contribution in [3.63, 3.8) is 0 Å². The molecule has 4 heterocycles. The number of rotatable bonds is 5. The maximum absolute atomic E-state index is 5.64. The molecular formula is C15H17N9O2. The van der Waals surface area contributed by atoms with Crippen molar-refractivity contribution in [2.45, 2.75) is 0 Å². The van der Waals surface area contributed by atoms with E-state index in [-0.39, 0.29) is 5.88 Å². The van der Waals surface area contributed by atoms with Crippen LogP contribution >= 0.6 is 0 Å². The van der Waals surface area contributed by atoms with Crippen LogP contribution in [0.25, 0.3) is 11.5 Å². The van der Waals surface area contributed by atoms with Crippen LogP contribution in [0, 0.1) is 0 Å². The lowest BCUT2D eigenvalue weighted by atomic mass is 10.4. The van der Waals surface area contributed by atoms with Crippen LogP contribution in [0.2, 0.25) is 0 Å². The zero-order valence-electron chi connectivity index (χ0n) is 13.9. The second-order valence-electron chi connectivity index (χ2n) is 5.50. The van der Waals surface area contributed by atoms with Crippen molar-refractivity contribution in [1.29, 1.82) is 0 Å². The van der Waals surface area contributed by atoms with Gasteiger partial charge in [0, 0.05) is 19.2 Å². The summed E-state index contributed by atoms with van der Waals surface area (Å²) in [6, 6.07) is 1.83. The summed E-state index contributed by atoms with van der Waals surface area (Å²) in [7, 11) is 0. The topological polar surface area (TPSA) is 122 Å². The zero-order chi connectivity index (χ0) is 17.9. The number of morpholine rings is 1. The zero-order valence-corrected chi connectivity index (χ0v) is 13.9. The Morgan fingerprint density at radius 3 is 2.77 bits per heavy atom. The molecule has 3 aromatic rings. The summed E-state index contributed by atoms with van der Waals surface area (Å²) in [6.45, 7) is 6.46. The van der Waals surface area contributed by atoms with Crippen molar-refractivity contribution in [2.24, 2.45) is 5.73 Å². The highest BCUT2D eigenvalue weighted by atomic mass is 16.5. The van der Waals surface area contributed by atoms with E-state index in [1.54, 1.807) is 18.6 Å². The van der Waals surface area contributed by atoms with Gasteiger partial charge in [-0.15, -0.1) is 5.10 Å². The molecule has 0 saturated carbocycles. The SMILES string of the molecule is C=C(N)Oc1c(-n2ccnn2)cnn1-c1cc(N2CCOCC2)ncn1. The molecule has 3 aromatic heterocycles. The number of ether oxygens (including phenoxy) is 2. The molecule has 0 aromatic carbocycles. The van der Waals surface area contributed by atoms with Gasteiger partial charge in [0.15, 0.2) is 11.7 Å². The number of nitrogens with zero attached hydrogens (tertiary/aromatic N) is 8. The average Bonchev–Trinajstić information content (AvgIpc) is 3.32. The largest absolute Gasteiger partial charge is 0.421 e. The Morgan fingerprint density at radius 2 is 2.04 bits per heavy atom. The lowest BCUT2D eigenvalue weighted by Gasteiger charge is -2.27. The Kier molecular flexibility index (Phi) is 4.19. The number of hydrogen-bond donors (Lipinski definition) is 1. The molecule has 11 nitrogen and oxygen atoms in total. The van der Waals surface area contributed by atoms with Crippen LogP contribution in [0.3, 0.4) is 0 Å². The van der Waals surface area contributed by atoms with Crippen molar-refractivity contribution in [3.05, 3.63) is 43.4 Å². The summed E-state index contributed by atoms with van der Waals surface area (Å²) in [5, 5.41) is 12.1. The Balaban J connectivity index is 1.74. The molecule has 1 saturated heterocycles. The van der Waals surface area contributed by atoms with E-state index < -0.39 is 0 Å². The molecule has 0 spiro atoms. The van der Waals surface area contributed by atoms with E-state index in [1.807, 2.05) is 6.07 Å². The van der Waals surface area contributed by atoms with Crippen molar-refractivity contribution < 1.29 is 9.47 Å². The first-order chi connectivity index (χ1) is 12.7. The highest BCUT2D eigenvalue weighted by Gasteiger charge is 2.20. The third-order valence-corrected chi connectivity index (χ3v) is 3.79. The van der Waals surface area contributed by atoms with Gasteiger partial charge in [-0.25, -0.2) is 14.6 Å². The summed E-state index contributed by atoms with van der Waals surface area (Å²) < 4.78 is 14.0. The first-order valence-electron chi connectivity index (χ1n) is 7.94. The molecule has 0 unspecified atom stereocenters. The third-order valence-electron chi connectivity index (χ3n) is 3.79. The van der Waals surface area contributed by atoms with Crippen LogP contribution in [-0.2, 0) is 4.74 Å². The van der Waals surface area contributed by atoms with Crippen LogP contribution in [0.15, 0.2) is 43.4 Å². The third kappa shape index (κ3) is 3.07. The molecule has 0 bridgehead atoms. The van der Waals surface area contributed by atoms with Crippen molar-refractivity contribution in [1.82, 2.24) is 34.7 Å². The van der Waals surface area contributed by atoms with Gasteiger partial charge in [-0.3, -0.25) is 0 Å². The number of nitrogens with two attached hydrogens (primary N) is 1. The van der Waals surface area contributed by atoms with Gasteiger partial charge in [-0.1, -0.05) is 5.21 Å². The monoisotopic (exact) mass is 355 g/mol. The lowest BCUT2D eigenvalue weighted by molar-refractivity contribution is 0.122. The van der Waals surface area contributed by atoms with E-state index in [2.05, 4.69) is 36.9 Å². The molecule has 0 atom stereocenters. The summed E-state index contributed by atoms with van der Waals surface area (Å²) >= 11 is 0. The molecule has 2 N–H and O–H groups in total. The van der Waals surface area contributed by atoms with Crippen molar-refractivity contribution >= 4 is 5.82 Å². The number of aromatic nitrogens is 7. The van der Waals surface area contributed by atoms with E-state index in [4.69, 9.17) is 15.2 Å². The van der Waals surface area contributed by atoms with E-state index in [9.17, 15) is 0 Å². The van der Waals surface area contributed by atoms with E-state index in [0.29, 0.717) is 30.6 Å². The van der Waals surface area contributed by atoms with Gasteiger partial charge >= 0.3 is 0 Å². The predicted octanol–water partition coefficient (Wildman–Crippen LogP) is -0.112. The van der Waals surface area contributed by atoms with Gasteiger partial charge in [0.2, 0.25) is 0 Å². The quantitative estimate of drug-likeness (QED) is 0.624. The van der Waals surface area contributed by atoms with Crippen LogP contribution < -0.4 is 15.4 Å². The van der Waals surface area contributed by atoms with Gasteiger partial charge in [-0.05, 0) is 6.58 Å². The summed E-state index contributed by atoms with van der Waals surface area (Å²) in [4.78, 5) is 10.8. The average molecular weight is 355 g/mol. The molecule has 26 heavy (non-hydrogen) atoms. The van der Waals surface area contributed by atoms with E-state index >= 15 is 0 Å². The Morgan fingerprint density at radius 1 is 1.23 bits per heavy atom. The van der Waals surface area contributed by atoms with Gasteiger partial charge < -0.3 is 20.1 Å². The molecule has 1 fully saturated rings. The van der Waals surface area contributed by atoms with Crippen molar-refractivity contribution in [2.75, 3.05) is 31.2 Å². The summed E-state index contributed by atoms with van der Waals surface area (Å²) in [6.07, 6.45) is 6.30. The molecule has 134 valence electrons. The fraction of sp³-hybridized carbons (Fsp3) is 0.267. The first-order valence-corrected chi connectivity index (χ1v) is 7.94. The normalized spacial score (nSPS) is 14.4. The van der Waals surface area contributed by atoms with Crippen molar-refractivity contribution in [3.8, 4) is 17.4 Å². The van der Waals surface area contributed by atoms with Crippen LogP contribution in [0.5, 0.6) is 5.88 Å². The van der Waals surface area contributed by atoms with Crippen LogP contribution in [-0.4, -0.2) is 61.0 Å². The maximum Gasteiger partial charge on any atom is 0.251 e. The van der Waals surface area contributed by atoms with Gasteiger partial charge in [0.05, 0.1) is 31.8 Å². The van der Waals surface area contributed by atoms with E-state index in [0.717, 1.165) is 18.9 Å². The minimum Gasteiger partial charge on any atom is -0.421 e. The summed E-state index contributed by atoms with van der Waals surface area (Å²) in [5.41, 5.74) is 6.20. The van der Waals surface area contributed by atoms with Crippen LogP contribution in [0.1, 0.15) is 0 Å². The smallest absolute Gasteiger partial charge is 0.251 e. The van der Waals surface area contributed by atoms with Gasteiger partial charge in [0.25, 0.3) is 5.88 Å². The van der Waals surface area contributed by atoms with Crippen LogP contribution in [0.4, 0.5) is 5.82 Å². The fourth-order valence-electron chi connectivity index (χ4n) is 2.62. The number of hydrogen-bond acceptors (Lipinski definition) is 9. The van der Waals surface area contributed by atoms with Gasteiger partial charge in [-0.2, -0.15) is 9.78 Å². The highest BCUT2D eigenvalue weighted by Crippen LogP contribution is 2.26. The first kappa shape index (κ1) is 16.0. The molecule has 1 aliphatic rings. The van der Waals surface area contributed by atoms with Gasteiger partial charge in [0.1, 0.15) is 17.8 Å². The highest BCUT2D eigenvalue weighted by molar-refractivity contribution is 5.48. The Bertz CT molecular complexity index is 900. The second-order valence-corrected chi connectivity index (χ2v) is 5.50. The molecule has 0 aliphatic carbocycles. The fourth-order valence-corrected chi connectivity index (χ4v) is 2.62. The second kappa shape index (κ2) is 6.80. The molecule has 11 heteroatoms. The standard InChI is InChI=1S/C15H17N9O2/c1-11(16)26-15-12(23-3-2-19-21-23)9-20-24(15)14-8-13(17-10-18-14)22-4-6-25-7-5-22/h2-3,8-10H,1,4-7,16H2. The lowest BCUT2D eigenvalue weighted by Crippen LogP contribution is -2.36. The predicted molar refractivity (Wildman–Crippen MR) is 91.1 cm³/mol. The Labute approximate surface area is 148 Å². The molecule has 4 rings (SSSR count). The number of anilines is 1. The van der Waals surface area contributed by atoms with E-state index in [1.165, 1.54) is 15.7 Å². The minimum atomic E-state index is 0.0237. The molecular weight excluding hydrogens is 338 g/mol.